The third-order valence-electron chi connectivity index (χ3n) is 3.66. The van der Waals surface area contributed by atoms with Crippen LogP contribution in [0.4, 0.5) is 0 Å². The summed E-state index contributed by atoms with van der Waals surface area (Å²) >= 11 is 0. The van der Waals surface area contributed by atoms with Gasteiger partial charge in [0.05, 0.1) is 24.6 Å². The van der Waals surface area contributed by atoms with Crippen LogP contribution in [0.25, 0.3) is 5.82 Å². The highest BCUT2D eigenvalue weighted by molar-refractivity contribution is 5.98. The Kier molecular flexibility index (Phi) is 5.68. The van der Waals surface area contributed by atoms with Crippen LogP contribution in [0.3, 0.4) is 0 Å². The van der Waals surface area contributed by atoms with Crippen LogP contribution in [0.2, 0.25) is 0 Å². The average Bonchev–Trinajstić information content (AvgIpc) is 3.04. The maximum Gasteiger partial charge on any atom is 0.255 e. The fraction of sp³-hybridized carbons (Fsp3) is 0.438. The zero-order chi connectivity index (χ0) is 18.6. The lowest BCUT2D eigenvalue weighted by Crippen LogP contribution is -2.44. The molecule has 0 saturated heterocycles. The number of amides is 2. The Hall–Kier alpha value is -2.97. The van der Waals surface area contributed by atoms with Crippen molar-refractivity contribution in [3.05, 3.63) is 29.6 Å². The summed E-state index contributed by atoms with van der Waals surface area (Å²) in [5.74, 6) is 0.337. The molecule has 2 heterocycles. The van der Waals surface area contributed by atoms with Crippen molar-refractivity contribution in [1.29, 1.82) is 0 Å². The minimum atomic E-state index is -0.628. The third-order valence-corrected chi connectivity index (χ3v) is 3.66. The highest BCUT2D eigenvalue weighted by Crippen LogP contribution is 2.15. The Morgan fingerprint density at radius 3 is 2.56 bits per heavy atom. The lowest BCUT2D eigenvalue weighted by atomic mass is 10.1. The second kappa shape index (κ2) is 7.73. The number of aromatic nitrogens is 4. The van der Waals surface area contributed by atoms with E-state index in [0.29, 0.717) is 29.4 Å². The lowest BCUT2D eigenvalue weighted by Gasteiger charge is -2.18. The molecule has 0 saturated carbocycles. The number of hydrogen-bond donors (Lipinski definition) is 1. The van der Waals surface area contributed by atoms with Crippen molar-refractivity contribution in [2.24, 2.45) is 0 Å². The molecule has 9 heteroatoms. The highest BCUT2D eigenvalue weighted by Gasteiger charge is 2.22. The summed E-state index contributed by atoms with van der Waals surface area (Å²) in [6.07, 6.45) is 2.03. The summed E-state index contributed by atoms with van der Waals surface area (Å²) < 4.78 is 6.54. The molecule has 0 bridgehead atoms. The van der Waals surface area contributed by atoms with E-state index in [1.807, 2.05) is 6.92 Å². The first-order valence-electron chi connectivity index (χ1n) is 7.86. The lowest BCUT2D eigenvalue weighted by molar-refractivity contribution is -0.130. The molecule has 2 aromatic heterocycles. The van der Waals surface area contributed by atoms with Crippen LogP contribution < -0.4 is 10.1 Å². The van der Waals surface area contributed by atoms with Crippen LogP contribution in [0.5, 0.6) is 5.88 Å². The number of nitrogens with one attached hydrogen (secondary N) is 1. The molecule has 0 aliphatic heterocycles. The van der Waals surface area contributed by atoms with Crippen LogP contribution in [0.1, 0.15) is 29.9 Å². The van der Waals surface area contributed by atoms with Gasteiger partial charge < -0.3 is 15.0 Å². The number of methoxy groups -OCH3 is 1. The largest absolute Gasteiger partial charge is 0.480 e. The molecule has 0 aliphatic rings. The Labute approximate surface area is 146 Å². The van der Waals surface area contributed by atoms with Crippen LogP contribution in [0, 0.1) is 0 Å². The molecule has 0 aliphatic carbocycles. The number of nitrogens with zero attached hydrogens (tertiary/aromatic N) is 5. The average molecular weight is 346 g/mol. The molecule has 1 N–H and O–H groups in total. The molecular formula is C16H22N6O3. The quantitative estimate of drug-likeness (QED) is 0.814. The van der Waals surface area contributed by atoms with E-state index in [-0.39, 0.29) is 11.8 Å². The molecule has 0 spiro atoms. The number of ether oxygens (including phenoxy) is 1. The van der Waals surface area contributed by atoms with Gasteiger partial charge >= 0.3 is 0 Å². The summed E-state index contributed by atoms with van der Waals surface area (Å²) in [6, 6.07) is 2.75. The molecule has 0 radical (unpaired) electrons. The zero-order valence-electron chi connectivity index (χ0n) is 15.0. The van der Waals surface area contributed by atoms with E-state index in [2.05, 4.69) is 20.6 Å². The maximum atomic E-state index is 12.5. The van der Waals surface area contributed by atoms with Crippen LogP contribution in [-0.4, -0.2) is 63.9 Å². The van der Waals surface area contributed by atoms with Gasteiger partial charge in [0.1, 0.15) is 6.04 Å². The minimum absolute atomic E-state index is 0.181. The second-order valence-electron chi connectivity index (χ2n) is 5.63. The Morgan fingerprint density at radius 1 is 1.32 bits per heavy atom. The Balaban J connectivity index is 2.26. The van der Waals surface area contributed by atoms with Crippen molar-refractivity contribution in [1.82, 2.24) is 30.2 Å². The van der Waals surface area contributed by atoms with Gasteiger partial charge in [0.2, 0.25) is 11.8 Å². The van der Waals surface area contributed by atoms with Crippen molar-refractivity contribution in [3.8, 4) is 11.7 Å². The van der Waals surface area contributed by atoms with E-state index in [0.717, 1.165) is 0 Å². The predicted molar refractivity (Wildman–Crippen MR) is 90.7 cm³/mol. The van der Waals surface area contributed by atoms with Crippen molar-refractivity contribution in [3.63, 3.8) is 0 Å². The third kappa shape index (κ3) is 3.93. The van der Waals surface area contributed by atoms with Crippen molar-refractivity contribution < 1.29 is 14.3 Å². The number of hydrogen-bond acceptors (Lipinski definition) is 6. The molecule has 134 valence electrons. The van der Waals surface area contributed by atoms with E-state index in [1.165, 1.54) is 18.2 Å². The van der Waals surface area contributed by atoms with E-state index in [9.17, 15) is 9.59 Å². The number of rotatable bonds is 6. The monoisotopic (exact) mass is 346 g/mol. The molecule has 1 unspecified atom stereocenters. The normalized spacial score (nSPS) is 11.7. The zero-order valence-corrected chi connectivity index (χ0v) is 15.0. The molecule has 2 rings (SSSR count). The van der Waals surface area contributed by atoms with Gasteiger partial charge in [0, 0.05) is 20.2 Å². The van der Waals surface area contributed by atoms with Gasteiger partial charge in [-0.1, -0.05) is 6.92 Å². The van der Waals surface area contributed by atoms with Crippen molar-refractivity contribution in [2.75, 3.05) is 21.2 Å². The smallest absolute Gasteiger partial charge is 0.255 e. The van der Waals surface area contributed by atoms with E-state index in [1.54, 1.807) is 37.8 Å². The first-order valence-corrected chi connectivity index (χ1v) is 7.86. The number of carbonyl (C=O) groups is 2. The predicted octanol–water partition coefficient (Wildman–Crippen LogP) is 0.440. The molecule has 9 nitrogen and oxygen atoms in total. The van der Waals surface area contributed by atoms with Crippen molar-refractivity contribution >= 4 is 11.8 Å². The summed E-state index contributed by atoms with van der Waals surface area (Å²) in [4.78, 5) is 25.9. The van der Waals surface area contributed by atoms with Crippen LogP contribution in [0.15, 0.2) is 18.3 Å². The fourth-order valence-corrected chi connectivity index (χ4v) is 2.36. The SMILES string of the molecule is CCc1c(C(=O)NC(C)C(=O)N(C)C)cnn1-c1ccc(OC)nn1. The summed E-state index contributed by atoms with van der Waals surface area (Å²) in [5, 5.41) is 14.9. The molecule has 1 atom stereocenters. The molecular weight excluding hydrogens is 324 g/mol. The van der Waals surface area contributed by atoms with Gasteiger partial charge in [-0.2, -0.15) is 5.10 Å². The van der Waals surface area contributed by atoms with Gasteiger partial charge in [-0.15, -0.1) is 10.2 Å². The van der Waals surface area contributed by atoms with E-state index >= 15 is 0 Å². The molecule has 2 aromatic rings. The number of likely N-dealkylation sites (N-methyl/N-ethyl adjacent to an activating group) is 1. The summed E-state index contributed by atoms with van der Waals surface area (Å²) in [6.45, 7) is 3.56. The Bertz CT molecular complexity index is 754. The summed E-state index contributed by atoms with van der Waals surface area (Å²) in [5.41, 5.74) is 1.08. The van der Waals surface area contributed by atoms with Crippen LogP contribution in [-0.2, 0) is 11.2 Å². The molecule has 0 aromatic carbocycles. The van der Waals surface area contributed by atoms with Crippen LogP contribution >= 0.6 is 0 Å². The molecule has 0 fully saturated rings. The van der Waals surface area contributed by atoms with Gasteiger partial charge in [-0.25, -0.2) is 4.68 Å². The van der Waals surface area contributed by atoms with E-state index < -0.39 is 6.04 Å². The number of carbonyl (C=O) groups excluding carboxylic acids is 2. The van der Waals surface area contributed by atoms with Gasteiger partial charge in [-0.3, -0.25) is 9.59 Å². The van der Waals surface area contributed by atoms with Crippen molar-refractivity contribution in [2.45, 2.75) is 26.3 Å². The topological polar surface area (TPSA) is 102 Å². The summed E-state index contributed by atoms with van der Waals surface area (Å²) in [7, 11) is 4.79. The molecule has 25 heavy (non-hydrogen) atoms. The standard InChI is InChI=1S/C16H22N6O3/c1-6-12-11(15(23)18-10(2)16(24)21(3)4)9-17-22(12)13-7-8-14(25-5)20-19-13/h7-10H,6H2,1-5H3,(H,18,23). The Morgan fingerprint density at radius 2 is 2.04 bits per heavy atom. The fourth-order valence-electron chi connectivity index (χ4n) is 2.36. The van der Waals surface area contributed by atoms with Gasteiger partial charge in [-0.05, 0) is 19.4 Å². The van der Waals surface area contributed by atoms with Gasteiger partial charge in [0.15, 0.2) is 5.82 Å². The maximum absolute atomic E-state index is 12.5. The minimum Gasteiger partial charge on any atom is -0.480 e. The van der Waals surface area contributed by atoms with E-state index in [4.69, 9.17) is 4.74 Å². The second-order valence-corrected chi connectivity index (χ2v) is 5.63. The first kappa shape index (κ1) is 18.4. The first-order chi connectivity index (χ1) is 11.9. The molecule has 2 amide bonds. The highest BCUT2D eigenvalue weighted by atomic mass is 16.5. The van der Waals surface area contributed by atoms with Gasteiger partial charge in [0.25, 0.3) is 5.91 Å².